The fraction of sp³-hybridized carbons (Fsp3) is 0.240. The van der Waals surface area contributed by atoms with Gasteiger partial charge in [-0.1, -0.05) is 54.6 Å². The van der Waals surface area contributed by atoms with Crippen molar-refractivity contribution in [1.82, 2.24) is 5.32 Å². The Balaban J connectivity index is 1.63. The van der Waals surface area contributed by atoms with Gasteiger partial charge in [0.25, 0.3) is 0 Å². The van der Waals surface area contributed by atoms with Gasteiger partial charge in [-0.05, 0) is 60.3 Å². The van der Waals surface area contributed by atoms with Gasteiger partial charge in [0.05, 0.1) is 14.2 Å². The maximum atomic E-state index is 5.31. The lowest BCUT2D eigenvalue weighted by Crippen LogP contribution is -2.16. The van der Waals surface area contributed by atoms with E-state index in [1.807, 2.05) is 30.3 Å². The lowest BCUT2D eigenvalue weighted by atomic mass is 9.87. The maximum Gasteiger partial charge on any atom is 0.118 e. The van der Waals surface area contributed by atoms with E-state index >= 15 is 0 Å². The molecule has 3 heteroatoms. The van der Waals surface area contributed by atoms with E-state index in [0.717, 1.165) is 31.0 Å². The second-order valence-electron chi connectivity index (χ2n) is 6.74. The van der Waals surface area contributed by atoms with Crippen molar-refractivity contribution in [2.24, 2.45) is 0 Å². The molecule has 1 N–H and O–H groups in total. The molecule has 0 aromatic heterocycles. The number of rotatable bonds is 10. The van der Waals surface area contributed by atoms with Gasteiger partial charge < -0.3 is 14.8 Å². The Hall–Kier alpha value is -2.78. The van der Waals surface area contributed by atoms with E-state index in [1.54, 1.807) is 14.2 Å². The predicted octanol–water partition coefficient (Wildman–Crippen LogP) is 5.22. The summed E-state index contributed by atoms with van der Waals surface area (Å²) in [5.74, 6) is 2.06. The molecule has 0 aliphatic carbocycles. The fourth-order valence-corrected chi connectivity index (χ4v) is 3.30. The third-order valence-electron chi connectivity index (χ3n) is 4.90. The summed E-state index contributed by atoms with van der Waals surface area (Å²) < 4.78 is 10.6. The molecule has 0 atom stereocenters. The first-order valence-corrected chi connectivity index (χ1v) is 9.64. The molecule has 0 fully saturated rings. The van der Waals surface area contributed by atoms with Crippen LogP contribution in [0.25, 0.3) is 0 Å². The van der Waals surface area contributed by atoms with Gasteiger partial charge in [0.2, 0.25) is 0 Å². The molecular weight excluding hydrogens is 346 g/mol. The largest absolute Gasteiger partial charge is 0.497 e. The summed E-state index contributed by atoms with van der Waals surface area (Å²) in [6.07, 6.45) is 3.28. The smallest absolute Gasteiger partial charge is 0.118 e. The van der Waals surface area contributed by atoms with Crippen LogP contribution in [0.1, 0.15) is 29.0 Å². The summed E-state index contributed by atoms with van der Waals surface area (Å²) in [5, 5.41) is 3.50. The molecule has 28 heavy (non-hydrogen) atoms. The van der Waals surface area contributed by atoms with Crippen molar-refractivity contribution < 1.29 is 9.47 Å². The molecule has 3 aromatic carbocycles. The molecule has 145 valence electrons. The molecule has 0 bridgehead atoms. The van der Waals surface area contributed by atoms with E-state index in [0.29, 0.717) is 5.92 Å². The Morgan fingerprint density at radius 3 is 1.79 bits per heavy atom. The van der Waals surface area contributed by atoms with Crippen LogP contribution in [-0.4, -0.2) is 20.8 Å². The van der Waals surface area contributed by atoms with Gasteiger partial charge in [-0.3, -0.25) is 0 Å². The molecular formula is C25H28NO2. The molecule has 3 nitrogen and oxygen atoms in total. The van der Waals surface area contributed by atoms with Crippen LogP contribution in [0.3, 0.4) is 0 Å². The molecule has 0 heterocycles. The quantitative estimate of drug-likeness (QED) is 0.494. The normalized spacial score (nSPS) is 10.8. The van der Waals surface area contributed by atoms with Crippen LogP contribution < -0.4 is 14.8 Å². The summed E-state index contributed by atoms with van der Waals surface area (Å²) in [4.78, 5) is 0. The summed E-state index contributed by atoms with van der Waals surface area (Å²) in [5.41, 5.74) is 3.87. The van der Waals surface area contributed by atoms with Crippen molar-refractivity contribution >= 4 is 0 Å². The third-order valence-corrected chi connectivity index (χ3v) is 4.90. The lowest BCUT2D eigenvalue weighted by molar-refractivity contribution is 0.414. The molecule has 1 radical (unpaired) electrons. The highest BCUT2D eigenvalue weighted by molar-refractivity contribution is 5.38. The van der Waals surface area contributed by atoms with Crippen molar-refractivity contribution in [3.8, 4) is 11.5 Å². The SMILES string of the molecule is COc1ccc(C(C[CH]CNCc2ccccc2)c2ccc(OC)cc2)cc1. The van der Waals surface area contributed by atoms with Gasteiger partial charge in [0.15, 0.2) is 0 Å². The Morgan fingerprint density at radius 2 is 1.29 bits per heavy atom. The maximum absolute atomic E-state index is 5.31. The van der Waals surface area contributed by atoms with E-state index < -0.39 is 0 Å². The van der Waals surface area contributed by atoms with Gasteiger partial charge in [0.1, 0.15) is 11.5 Å². The predicted molar refractivity (Wildman–Crippen MR) is 115 cm³/mol. The monoisotopic (exact) mass is 374 g/mol. The molecule has 0 amide bonds. The Bertz CT molecular complexity index is 766. The second-order valence-corrected chi connectivity index (χ2v) is 6.74. The van der Waals surface area contributed by atoms with Crippen LogP contribution >= 0.6 is 0 Å². The van der Waals surface area contributed by atoms with E-state index in [1.165, 1.54) is 16.7 Å². The van der Waals surface area contributed by atoms with E-state index in [2.05, 4.69) is 60.3 Å². The first-order valence-electron chi connectivity index (χ1n) is 9.64. The zero-order valence-electron chi connectivity index (χ0n) is 16.6. The van der Waals surface area contributed by atoms with E-state index in [-0.39, 0.29) is 0 Å². The molecule has 0 saturated heterocycles. The van der Waals surface area contributed by atoms with Crippen molar-refractivity contribution in [2.75, 3.05) is 20.8 Å². The van der Waals surface area contributed by atoms with E-state index in [9.17, 15) is 0 Å². The molecule has 0 aliphatic rings. The highest BCUT2D eigenvalue weighted by Crippen LogP contribution is 2.31. The Labute approximate surface area is 168 Å². The zero-order chi connectivity index (χ0) is 19.6. The number of hydrogen-bond donors (Lipinski definition) is 1. The van der Waals surface area contributed by atoms with Gasteiger partial charge >= 0.3 is 0 Å². The van der Waals surface area contributed by atoms with Gasteiger partial charge in [-0.2, -0.15) is 0 Å². The average Bonchev–Trinajstić information content (AvgIpc) is 2.77. The average molecular weight is 375 g/mol. The first-order chi connectivity index (χ1) is 13.8. The molecule has 0 unspecified atom stereocenters. The van der Waals surface area contributed by atoms with E-state index in [4.69, 9.17) is 9.47 Å². The van der Waals surface area contributed by atoms with Crippen LogP contribution in [-0.2, 0) is 6.54 Å². The van der Waals surface area contributed by atoms with Crippen molar-refractivity contribution in [3.05, 3.63) is 102 Å². The number of benzene rings is 3. The molecule has 0 aliphatic heterocycles. The standard InChI is InChI=1S/C25H28NO2/c1-27-23-14-10-21(11-15-23)25(22-12-16-24(28-2)17-13-22)9-6-18-26-19-20-7-4-3-5-8-20/h3-8,10-17,25-26H,9,18-19H2,1-2H3. The Kier molecular flexibility index (Phi) is 7.51. The number of nitrogens with one attached hydrogen (secondary N) is 1. The number of methoxy groups -OCH3 is 2. The highest BCUT2D eigenvalue weighted by Gasteiger charge is 2.14. The lowest BCUT2D eigenvalue weighted by Gasteiger charge is -2.19. The van der Waals surface area contributed by atoms with Crippen molar-refractivity contribution in [3.63, 3.8) is 0 Å². The van der Waals surface area contributed by atoms with Crippen LogP contribution in [0, 0.1) is 6.42 Å². The molecule has 3 rings (SSSR count). The summed E-state index contributed by atoms with van der Waals surface area (Å²) >= 11 is 0. The summed E-state index contributed by atoms with van der Waals surface area (Å²) in [6.45, 7) is 1.75. The van der Waals surface area contributed by atoms with Crippen molar-refractivity contribution in [1.29, 1.82) is 0 Å². The second kappa shape index (κ2) is 10.5. The van der Waals surface area contributed by atoms with Crippen LogP contribution in [0.5, 0.6) is 11.5 Å². The Morgan fingerprint density at radius 1 is 0.750 bits per heavy atom. The minimum Gasteiger partial charge on any atom is -0.497 e. The zero-order valence-corrected chi connectivity index (χ0v) is 16.6. The molecule has 0 spiro atoms. The van der Waals surface area contributed by atoms with Crippen molar-refractivity contribution in [2.45, 2.75) is 18.9 Å². The topological polar surface area (TPSA) is 30.5 Å². The van der Waals surface area contributed by atoms with Crippen LogP contribution in [0.2, 0.25) is 0 Å². The van der Waals surface area contributed by atoms with Gasteiger partial charge in [-0.15, -0.1) is 0 Å². The molecule has 0 saturated carbocycles. The van der Waals surface area contributed by atoms with Crippen LogP contribution in [0.15, 0.2) is 78.9 Å². The summed E-state index contributed by atoms with van der Waals surface area (Å²) in [7, 11) is 3.39. The third kappa shape index (κ3) is 5.61. The first kappa shape index (κ1) is 20.0. The fourth-order valence-electron chi connectivity index (χ4n) is 3.30. The number of ether oxygens (including phenoxy) is 2. The molecule has 3 aromatic rings. The minimum atomic E-state index is 0.301. The summed E-state index contributed by atoms with van der Waals surface area (Å²) in [6, 6.07) is 27.2. The van der Waals surface area contributed by atoms with Crippen LogP contribution in [0.4, 0.5) is 0 Å². The van der Waals surface area contributed by atoms with Gasteiger partial charge in [0, 0.05) is 12.5 Å². The van der Waals surface area contributed by atoms with Gasteiger partial charge in [-0.25, -0.2) is 0 Å². The highest BCUT2D eigenvalue weighted by atomic mass is 16.5. The minimum absolute atomic E-state index is 0.301. The number of hydrogen-bond acceptors (Lipinski definition) is 3.